The van der Waals surface area contributed by atoms with Crippen LogP contribution in [0.1, 0.15) is 24.7 Å². The van der Waals surface area contributed by atoms with Crippen molar-refractivity contribution < 1.29 is 0 Å². The minimum absolute atomic E-state index is 0.415. The van der Waals surface area contributed by atoms with Crippen LogP contribution < -0.4 is 10.2 Å². The fourth-order valence-electron chi connectivity index (χ4n) is 3.29. The van der Waals surface area contributed by atoms with Crippen molar-refractivity contribution in [3.8, 4) is 0 Å². The van der Waals surface area contributed by atoms with Crippen LogP contribution >= 0.6 is 0 Å². The summed E-state index contributed by atoms with van der Waals surface area (Å²) < 4.78 is 0. The van der Waals surface area contributed by atoms with E-state index in [0.717, 1.165) is 43.4 Å². The molecule has 3 rings (SSSR count). The van der Waals surface area contributed by atoms with Crippen LogP contribution in [0.5, 0.6) is 0 Å². The van der Waals surface area contributed by atoms with Gasteiger partial charge in [0.15, 0.2) is 0 Å². The number of hydrogen-bond donors (Lipinski definition) is 1. The molecule has 0 spiro atoms. The molecule has 0 fully saturated rings. The van der Waals surface area contributed by atoms with Crippen LogP contribution in [-0.4, -0.2) is 48.1 Å². The van der Waals surface area contributed by atoms with E-state index in [0.29, 0.717) is 6.04 Å². The van der Waals surface area contributed by atoms with E-state index >= 15 is 0 Å². The summed E-state index contributed by atoms with van der Waals surface area (Å²) >= 11 is 0. The van der Waals surface area contributed by atoms with Crippen LogP contribution in [0, 0.1) is 6.92 Å². The number of nitrogens with zero attached hydrogens (tertiary/aromatic N) is 4. The van der Waals surface area contributed by atoms with Crippen molar-refractivity contribution >= 4 is 17.3 Å². The highest BCUT2D eigenvalue weighted by molar-refractivity contribution is 5.70. The number of para-hydroxylation sites is 1. The highest BCUT2D eigenvalue weighted by Crippen LogP contribution is 2.37. The summed E-state index contributed by atoms with van der Waals surface area (Å²) in [6.45, 7) is 6.20. The second kappa shape index (κ2) is 7.18. The first-order chi connectivity index (χ1) is 11.5. The third-order valence-corrected chi connectivity index (χ3v) is 4.37. The summed E-state index contributed by atoms with van der Waals surface area (Å²) in [5, 5.41) is 3.44. The maximum Gasteiger partial charge on any atom is 0.139 e. The Balaban J connectivity index is 1.79. The van der Waals surface area contributed by atoms with Gasteiger partial charge in [0, 0.05) is 24.3 Å². The summed E-state index contributed by atoms with van der Waals surface area (Å²) in [4.78, 5) is 13.8. The number of nitrogens with one attached hydrogen (secondary N) is 1. The summed E-state index contributed by atoms with van der Waals surface area (Å²) in [5.74, 6) is 2.70. The molecule has 1 N–H and O–H groups in total. The van der Waals surface area contributed by atoms with Crippen LogP contribution in [0.2, 0.25) is 0 Å². The normalized spacial score (nSPS) is 16.5. The van der Waals surface area contributed by atoms with Gasteiger partial charge in [-0.15, -0.1) is 0 Å². The smallest absolute Gasteiger partial charge is 0.139 e. The molecule has 128 valence electrons. The maximum atomic E-state index is 4.69. The largest absolute Gasteiger partial charge is 0.370 e. The summed E-state index contributed by atoms with van der Waals surface area (Å²) in [6.07, 6.45) is 2.15. The van der Waals surface area contributed by atoms with Gasteiger partial charge in [0.05, 0.1) is 0 Å². The third-order valence-electron chi connectivity index (χ3n) is 4.37. The maximum absolute atomic E-state index is 4.69. The van der Waals surface area contributed by atoms with Crippen molar-refractivity contribution in [1.82, 2.24) is 14.9 Å². The van der Waals surface area contributed by atoms with Gasteiger partial charge in [-0.1, -0.05) is 18.2 Å². The Morgan fingerprint density at radius 3 is 2.83 bits per heavy atom. The number of fused-ring (bicyclic) bond motifs is 1. The lowest BCUT2D eigenvalue weighted by molar-refractivity contribution is 0.405. The molecule has 0 bridgehead atoms. The molecule has 0 radical (unpaired) electrons. The minimum Gasteiger partial charge on any atom is -0.370 e. The van der Waals surface area contributed by atoms with Crippen molar-refractivity contribution in [3.05, 3.63) is 41.7 Å². The van der Waals surface area contributed by atoms with Gasteiger partial charge in [0.1, 0.15) is 17.5 Å². The van der Waals surface area contributed by atoms with Crippen molar-refractivity contribution in [1.29, 1.82) is 0 Å². The fourth-order valence-corrected chi connectivity index (χ4v) is 3.29. The van der Waals surface area contributed by atoms with Crippen molar-refractivity contribution in [2.45, 2.75) is 32.7 Å². The Morgan fingerprint density at radius 2 is 2.04 bits per heavy atom. The van der Waals surface area contributed by atoms with Gasteiger partial charge in [-0.25, -0.2) is 9.97 Å². The highest BCUT2D eigenvalue weighted by atomic mass is 15.2. The topological polar surface area (TPSA) is 44.3 Å². The zero-order valence-electron chi connectivity index (χ0n) is 15.1. The van der Waals surface area contributed by atoms with Crippen LogP contribution in [0.4, 0.5) is 17.3 Å². The molecule has 1 aliphatic heterocycles. The lowest BCUT2D eigenvalue weighted by Gasteiger charge is -2.24. The first-order valence-corrected chi connectivity index (χ1v) is 8.66. The molecule has 5 nitrogen and oxygen atoms in total. The monoisotopic (exact) mass is 325 g/mol. The van der Waals surface area contributed by atoms with Crippen molar-refractivity contribution in [2.24, 2.45) is 0 Å². The van der Waals surface area contributed by atoms with Crippen LogP contribution in [0.25, 0.3) is 0 Å². The van der Waals surface area contributed by atoms with Gasteiger partial charge in [0.25, 0.3) is 0 Å². The number of hydrogen-bond acceptors (Lipinski definition) is 5. The van der Waals surface area contributed by atoms with E-state index < -0.39 is 0 Å². The molecule has 1 aromatic heterocycles. The zero-order chi connectivity index (χ0) is 17.1. The van der Waals surface area contributed by atoms with E-state index in [1.54, 1.807) is 0 Å². The second-order valence-electron chi connectivity index (χ2n) is 6.79. The van der Waals surface area contributed by atoms with Gasteiger partial charge in [-0.3, -0.25) is 0 Å². The Kier molecular flexibility index (Phi) is 5.00. The third kappa shape index (κ3) is 3.67. The standard InChI is InChI=1S/C19H27N5/c1-14-12-16-8-5-6-9-17(16)24(14)19-13-18(21-15(2)22-19)20-10-7-11-23(3)4/h5-6,8-9,13-14H,7,10-12H2,1-4H3,(H,20,21,22). The zero-order valence-corrected chi connectivity index (χ0v) is 15.1. The van der Waals surface area contributed by atoms with Gasteiger partial charge >= 0.3 is 0 Å². The molecule has 0 saturated carbocycles. The Morgan fingerprint density at radius 1 is 1.25 bits per heavy atom. The molecule has 1 unspecified atom stereocenters. The minimum atomic E-state index is 0.415. The highest BCUT2D eigenvalue weighted by Gasteiger charge is 2.28. The molecule has 0 saturated heterocycles. The van der Waals surface area contributed by atoms with Crippen LogP contribution in [-0.2, 0) is 6.42 Å². The summed E-state index contributed by atoms with van der Waals surface area (Å²) in [5.41, 5.74) is 2.66. The second-order valence-corrected chi connectivity index (χ2v) is 6.79. The van der Waals surface area contributed by atoms with Crippen molar-refractivity contribution in [3.63, 3.8) is 0 Å². The number of benzene rings is 1. The van der Waals surface area contributed by atoms with Crippen LogP contribution in [0.15, 0.2) is 30.3 Å². The SMILES string of the molecule is Cc1nc(NCCCN(C)C)cc(N2c3ccccc3CC2C)n1. The molecule has 5 heteroatoms. The van der Waals surface area contributed by atoms with E-state index in [4.69, 9.17) is 0 Å². The van der Waals surface area contributed by atoms with E-state index in [1.165, 1.54) is 11.3 Å². The molecule has 2 heterocycles. The van der Waals surface area contributed by atoms with Gasteiger partial charge in [-0.05, 0) is 59.0 Å². The molecule has 1 aromatic carbocycles. The van der Waals surface area contributed by atoms with Gasteiger partial charge in [-0.2, -0.15) is 0 Å². The molecular weight excluding hydrogens is 298 g/mol. The number of aryl methyl sites for hydroxylation is 1. The Hall–Kier alpha value is -2.14. The molecule has 24 heavy (non-hydrogen) atoms. The Labute approximate surface area is 144 Å². The molecule has 0 amide bonds. The summed E-state index contributed by atoms with van der Waals surface area (Å²) in [6, 6.07) is 11.1. The quantitative estimate of drug-likeness (QED) is 0.826. The molecular formula is C19H27N5. The lowest BCUT2D eigenvalue weighted by atomic mass is 10.1. The van der Waals surface area contributed by atoms with E-state index in [-0.39, 0.29) is 0 Å². The van der Waals surface area contributed by atoms with Gasteiger partial charge < -0.3 is 15.1 Å². The average Bonchev–Trinajstić information content (AvgIpc) is 2.86. The molecule has 2 aromatic rings. The number of anilines is 3. The summed E-state index contributed by atoms with van der Waals surface area (Å²) in [7, 11) is 4.19. The number of rotatable bonds is 6. The van der Waals surface area contributed by atoms with Gasteiger partial charge in [0.2, 0.25) is 0 Å². The van der Waals surface area contributed by atoms with E-state index in [1.807, 2.05) is 6.92 Å². The molecule has 1 aliphatic rings. The number of aromatic nitrogens is 2. The first-order valence-electron chi connectivity index (χ1n) is 8.66. The van der Waals surface area contributed by atoms with E-state index in [9.17, 15) is 0 Å². The Bertz CT molecular complexity index is 698. The molecule has 0 aliphatic carbocycles. The first kappa shape index (κ1) is 16.7. The molecule has 1 atom stereocenters. The predicted octanol–water partition coefficient (Wildman–Crippen LogP) is 3.23. The van der Waals surface area contributed by atoms with E-state index in [2.05, 4.69) is 76.4 Å². The predicted molar refractivity (Wildman–Crippen MR) is 100 cm³/mol. The average molecular weight is 325 g/mol. The van der Waals surface area contributed by atoms with Crippen LogP contribution in [0.3, 0.4) is 0 Å². The lowest BCUT2D eigenvalue weighted by Crippen LogP contribution is -2.25. The fraction of sp³-hybridized carbons (Fsp3) is 0.474. The van der Waals surface area contributed by atoms with Crippen molar-refractivity contribution in [2.75, 3.05) is 37.4 Å².